The number of carbonyl (C=O) groups excluding carboxylic acids is 1. The Morgan fingerprint density at radius 2 is 2.19 bits per heavy atom. The maximum atomic E-state index is 11.5. The first-order valence-electron chi connectivity index (χ1n) is 6.32. The highest BCUT2D eigenvalue weighted by Crippen LogP contribution is 2.39. The fourth-order valence-electron chi connectivity index (χ4n) is 2.36. The van der Waals surface area contributed by atoms with Gasteiger partial charge in [-0.25, -0.2) is 0 Å². The molecule has 0 aliphatic heterocycles. The van der Waals surface area contributed by atoms with E-state index in [2.05, 4.69) is 5.10 Å². The zero-order chi connectivity index (χ0) is 11.1. The van der Waals surface area contributed by atoms with Crippen LogP contribution in [0.5, 0.6) is 0 Å². The van der Waals surface area contributed by atoms with Gasteiger partial charge in [0.05, 0.1) is 5.69 Å². The standard InChI is InChI=1S/C13H18N2O/c1-9(16)13-7-12(11-5-6-11)14-15(13)8-10-3-2-4-10/h7,10-11H,2-6,8H2,1H3. The lowest BCUT2D eigenvalue weighted by Crippen LogP contribution is -2.21. The van der Waals surface area contributed by atoms with Gasteiger partial charge < -0.3 is 0 Å². The van der Waals surface area contributed by atoms with E-state index in [0.717, 1.165) is 23.9 Å². The van der Waals surface area contributed by atoms with Crippen LogP contribution in [0, 0.1) is 5.92 Å². The molecule has 3 rings (SSSR count). The maximum absolute atomic E-state index is 11.5. The van der Waals surface area contributed by atoms with Gasteiger partial charge in [-0.1, -0.05) is 6.42 Å². The second-order valence-electron chi connectivity index (χ2n) is 5.26. The van der Waals surface area contributed by atoms with E-state index in [0.29, 0.717) is 5.92 Å². The van der Waals surface area contributed by atoms with Gasteiger partial charge in [0.15, 0.2) is 5.78 Å². The van der Waals surface area contributed by atoms with Crippen LogP contribution in [0.25, 0.3) is 0 Å². The van der Waals surface area contributed by atoms with Crippen LogP contribution in [0.1, 0.15) is 61.1 Å². The van der Waals surface area contributed by atoms with Gasteiger partial charge in [-0.2, -0.15) is 5.10 Å². The minimum Gasteiger partial charge on any atom is -0.293 e. The molecule has 86 valence electrons. The molecule has 16 heavy (non-hydrogen) atoms. The minimum atomic E-state index is 0.152. The van der Waals surface area contributed by atoms with Gasteiger partial charge in [0, 0.05) is 19.4 Å². The van der Waals surface area contributed by atoms with Crippen LogP contribution < -0.4 is 0 Å². The van der Waals surface area contributed by atoms with Gasteiger partial charge in [-0.3, -0.25) is 9.48 Å². The lowest BCUT2D eigenvalue weighted by atomic mass is 9.85. The van der Waals surface area contributed by atoms with Crippen molar-refractivity contribution < 1.29 is 4.79 Å². The van der Waals surface area contributed by atoms with Crippen LogP contribution in [0.2, 0.25) is 0 Å². The quantitative estimate of drug-likeness (QED) is 0.728. The molecule has 0 aromatic carbocycles. The van der Waals surface area contributed by atoms with Gasteiger partial charge >= 0.3 is 0 Å². The lowest BCUT2D eigenvalue weighted by Gasteiger charge is -2.25. The molecule has 2 saturated carbocycles. The molecule has 3 nitrogen and oxygen atoms in total. The molecule has 1 heterocycles. The number of nitrogens with zero attached hydrogens (tertiary/aromatic N) is 2. The average Bonchev–Trinajstić information content (AvgIpc) is 2.93. The number of rotatable bonds is 4. The highest BCUT2D eigenvalue weighted by Gasteiger charge is 2.29. The predicted octanol–water partition coefficient (Wildman–Crippen LogP) is 2.76. The summed E-state index contributed by atoms with van der Waals surface area (Å²) in [7, 11) is 0. The Balaban J connectivity index is 1.84. The summed E-state index contributed by atoms with van der Waals surface area (Å²) in [6, 6.07) is 2.01. The van der Waals surface area contributed by atoms with Crippen LogP contribution >= 0.6 is 0 Å². The largest absolute Gasteiger partial charge is 0.293 e. The molecule has 0 radical (unpaired) electrons. The monoisotopic (exact) mass is 218 g/mol. The smallest absolute Gasteiger partial charge is 0.177 e. The molecule has 0 N–H and O–H groups in total. The van der Waals surface area contributed by atoms with E-state index in [-0.39, 0.29) is 5.78 Å². The molecular formula is C13H18N2O. The van der Waals surface area contributed by atoms with Gasteiger partial charge in [0.25, 0.3) is 0 Å². The number of hydrogen-bond donors (Lipinski definition) is 0. The minimum absolute atomic E-state index is 0.152. The summed E-state index contributed by atoms with van der Waals surface area (Å²) >= 11 is 0. The van der Waals surface area contributed by atoms with Crippen molar-refractivity contribution in [1.29, 1.82) is 0 Å². The van der Waals surface area contributed by atoms with E-state index in [9.17, 15) is 4.79 Å². The van der Waals surface area contributed by atoms with Gasteiger partial charge in [0.2, 0.25) is 0 Å². The predicted molar refractivity (Wildman–Crippen MR) is 61.5 cm³/mol. The summed E-state index contributed by atoms with van der Waals surface area (Å²) in [4.78, 5) is 11.5. The van der Waals surface area contributed by atoms with E-state index < -0.39 is 0 Å². The van der Waals surface area contributed by atoms with Crippen LogP contribution in [0.15, 0.2) is 6.07 Å². The molecule has 0 atom stereocenters. The second kappa shape index (κ2) is 3.72. The van der Waals surface area contributed by atoms with E-state index in [1.807, 2.05) is 10.7 Å². The molecule has 0 spiro atoms. The topological polar surface area (TPSA) is 34.9 Å². The highest BCUT2D eigenvalue weighted by atomic mass is 16.1. The molecule has 0 saturated heterocycles. The number of aromatic nitrogens is 2. The fourth-order valence-corrected chi connectivity index (χ4v) is 2.36. The van der Waals surface area contributed by atoms with Gasteiger partial charge in [0.1, 0.15) is 5.69 Å². The Hall–Kier alpha value is -1.12. The second-order valence-corrected chi connectivity index (χ2v) is 5.26. The molecule has 2 aliphatic rings. The summed E-state index contributed by atoms with van der Waals surface area (Å²) in [5.74, 6) is 1.55. The van der Waals surface area contributed by atoms with Gasteiger partial charge in [-0.05, 0) is 37.7 Å². The summed E-state index contributed by atoms with van der Waals surface area (Å²) in [6.07, 6.45) is 6.44. The Kier molecular flexibility index (Phi) is 2.34. The molecule has 2 fully saturated rings. The van der Waals surface area contributed by atoms with Crippen molar-refractivity contribution in [2.45, 2.75) is 51.5 Å². The van der Waals surface area contributed by atoms with Crippen molar-refractivity contribution in [3.8, 4) is 0 Å². The van der Waals surface area contributed by atoms with E-state index >= 15 is 0 Å². The van der Waals surface area contributed by atoms with Crippen molar-refractivity contribution in [2.75, 3.05) is 0 Å². The summed E-state index contributed by atoms with van der Waals surface area (Å²) in [6.45, 7) is 2.59. The average molecular weight is 218 g/mol. The molecule has 0 amide bonds. The SMILES string of the molecule is CC(=O)c1cc(C2CC2)nn1CC1CCC1. The molecule has 0 bridgehead atoms. The van der Waals surface area contributed by atoms with Crippen LogP contribution in [0.4, 0.5) is 0 Å². The Morgan fingerprint density at radius 3 is 2.69 bits per heavy atom. The molecule has 1 aromatic heterocycles. The van der Waals surface area contributed by atoms with Crippen molar-refractivity contribution in [2.24, 2.45) is 5.92 Å². The molecule has 2 aliphatic carbocycles. The first kappa shape index (κ1) is 10.1. The van der Waals surface area contributed by atoms with Crippen molar-refractivity contribution in [1.82, 2.24) is 9.78 Å². The van der Waals surface area contributed by atoms with E-state index in [1.54, 1.807) is 6.92 Å². The fraction of sp³-hybridized carbons (Fsp3) is 0.692. The normalized spacial score (nSPS) is 20.8. The van der Waals surface area contributed by atoms with E-state index in [4.69, 9.17) is 0 Å². The number of hydrogen-bond acceptors (Lipinski definition) is 2. The first-order valence-corrected chi connectivity index (χ1v) is 6.32. The van der Waals surface area contributed by atoms with Crippen molar-refractivity contribution >= 4 is 5.78 Å². The Morgan fingerprint density at radius 1 is 1.44 bits per heavy atom. The molecule has 3 heteroatoms. The molecular weight excluding hydrogens is 200 g/mol. The highest BCUT2D eigenvalue weighted by molar-refractivity contribution is 5.92. The van der Waals surface area contributed by atoms with Crippen molar-refractivity contribution in [3.05, 3.63) is 17.5 Å². The third-order valence-corrected chi connectivity index (χ3v) is 3.81. The number of ketones is 1. The Bertz CT molecular complexity index is 414. The number of Topliss-reactive ketones (excluding diaryl/α,β-unsaturated/α-hetero) is 1. The first-order chi connectivity index (χ1) is 7.74. The van der Waals surface area contributed by atoms with Crippen molar-refractivity contribution in [3.63, 3.8) is 0 Å². The lowest BCUT2D eigenvalue weighted by molar-refractivity contribution is 0.1000. The van der Waals surface area contributed by atoms with Gasteiger partial charge in [-0.15, -0.1) is 0 Å². The molecule has 0 unspecified atom stereocenters. The maximum Gasteiger partial charge on any atom is 0.177 e. The summed E-state index contributed by atoms with van der Waals surface area (Å²) in [5.41, 5.74) is 1.96. The Labute approximate surface area is 95.8 Å². The zero-order valence-corrected chi connectivity index (χ0v) is 9.78. The third kappa shape index (κ3) is 1.79. The van der Waals surface area contributed by atoms with Crippen LogP contribution in [-0.2, 0) is 6.54 Å². The van der Waals surface area contributed by atoms with Crippen LogP contribution in [0.3, 0.4) is 0 Å². The van der Waals surface area contributed by atoms with Crippen LogP contribution in [-0.4, -0.2) is 15.6 Å². The summed E-state index contributed by atoms with van der Waals surface area (Å²) in [5, 5.41) is 4.61. The summed E-state index contributed by atoms with van der Waals surface area (Å²) < 4.78 is 1.96. The zero-order valence-electron chi connectivity index (χ0n) is 9.78. The van der Waals surface area contributed by atoms with E-state index in [1.165, 1.54) is 32.1 Å². The number of carbonyl (C=O) groups is 1. The molecule has 1 aromatic rings. The third-order valence-electron chi connectivity index (χ3n) is 3.81.